The van der Waals surface area contributed by atoms with Crippen LogP contribution in [0.2, 0.25) is 0 Å². The van der Waals surface area contributed by atoms with Crippen LogP contribution in [0, 0.1) is 0 Å². The fourth-order valence-corrected chi connectivity index (χ4v) is 2.55. The molecule has 0 saturated carbocycles. The Bertz CT molecular complexity index is 760. The summed E-state index contributed by atoms with van der Waals surface area (Å²) in [6.07, 6.45) is 0.0495. The average molecular weight is 391 g/mol. The van der Waals surface area contributed by atoms with Crippen LogP contribution in [0.3, 0.4) is 0 Å². The first-order valence-electron chi connectivity index (χ1n) is 7.50. The van der Waals surface area contributed by atoms with E-state index in [1.165, 1.54) is 0 Å². The third-order valence-corrected chi connectivity index (χ3v) is 3.79. The fourth-order valence-electron chi connectivity index (χ4n) is 2.08. The minimum Gasteiger partial charge on any atom is -0.490 e. The summed E-state index contributed by atoms with van der Waals surface area (Å²) in [6.45, 7) is 3.87. The van der Waals surface area contributed by atoms with E-state index >= 15 is 0 Å². The van der Waals surface area contributed by atoms with Crippen LogP contribution in [0.4, 0.5) is 5.69 Å². The van der Waals surface area contributed by atoms with Crippen molar-refractivity contribution < 1.29 is 14.3 Å². The Labute approximate surface area is 149 Å². The maximum absolute atomic E-state index is 12.4. The lowest BCUT2D eigenvalue weighted by atomic mass is 10.1. The molecular formula is C18H19BrN2O3. The highest BCUT2D eigenvalue weighted by Crippen LogP contribution is 2.27. The minimum atomic E-state index is -0.263. The summed E-state index contributed by atoms with van der Waals surface area (Å²) in [6, 6.07) is 11.9. The molecule has 0 spiro atoms. The number of amides is 2. The van der Waals surface area contributed by atoms with Crippen LogP contribution in [-0.2, 0) is 0 Å². The van der Waals surface area contributed by atoms with E-state index in [0.717, 1.165) is 0 Å². The van der Waals surface area contributed by atoms with Gasteiger partial charge in [-0.1, -0.05) is 6.07 Å². The molecule has 0 unspecified atom stereocenters. The second kappa shape index (κ2) is 7.97. The van der Waals surface area contributed by atoms with Gasteiger partial charge in [0.15, 0.2) is 0 Å². The Morgan fingerprint density at radius 2 is 1.75 bits per heavy atom. The number of benzene rings is 2. The molecule has 2 N–H and O–H groups in total. The third-order valence-electron chi connectivity index (χ3n) is 3.17. The van der Waals surface area contributed by atoms with Gasteiger partial charge in [-0.2, -0.15) is 0 Å². The van der Waals surface area contributed by atoms with Gasteiger partial charge in [-0.25, -0.2) is 0 Å². The molecule has 0 heterocycles. The standard InChI is InChI=1S/C18H19BrN2O3/c1-11(2)24-16-8-7-13(10-15(16)19)18(23)21-14-6-4-5-12(9-14)17(22)20-3/h4-11H,1-3H3,(H,20,22)(H,21,23). The zero-order valence-corrected chi connectivity index (χ0v) is 15.3. The van der Waals surface area contributed by atoms with Gasteiger partial charge in [0.05, 0.1) is 10.6 Å². The number of anilines is 1. The van der Waals surface area contributed by atoms with Crippen molar-refractivity contribution in [3.05, 3.63) is 58.1 Å². The van der Waals surface area contributed by atoms with Crippen molar-refractivity contribution in [1.29, 1.82) is 0 Å². The molecule has 0 atom stereocenters. The molecule has 24 heavy (non-hydrogen) atoms. The lowest BCUT2D eigenvalue weighted by Crippen LogP contribution is -2.18. The molecule has 0 fully saturated rings. The lowest BCUT2D eigenvalue weighted by molar-refractivity contribution is 0.0961. The first-order chi connectivity index (χ1) is 11.4. The third kappa shape index (κ3) is 4.58. The normalized spacial score (nSPS) is 10.4. The molecule has 0 aliphatic heterocycles. The van der Waals surface area contributed by atoms with Crippen molar-refractivity contribution in [2.24, 2.45) is 0 Å². The summed E-state index contributed by atoms with van der Waals surface area (Å²) < 4.78 is 6.34. The summed E-state index contributed by atoms with van der Waals surface area (Å²) >= 11 is 3.41. The molecule has 0 aliphatic carbocycles. The Balaban J connectivity index is 2.15. The first kappa shape index (κ1) is 18.0. The maximum atomic E-state index is 12.4. The van der Waals surface area contributed by atoms with Gasteiger partial charge in [-0.15, -0.1) is 0 Å². The molecule has 5 nitrogen and oxygen atoms in total. The van der Waals surface area contributed by atoms with Gasteiger partial charge in [0.2, 0.25) is 0 Å². The molecule has 2 rings (SSSR count). The lowest BCUT2D eigenvalue weighted by Gasteiger charge is -2.12. The van der Waals surface area contributed by atoms with Crippen molar-refractivity contribution in [2.75, 3.05) is 12.4 Å². The number of carbonyl (C=O) groups excluding carboxylic acids is 2. The maximum Gasteiger partial charge on any atom is 0.255 e. The molecule has 2 aromatic rings. The number of nitrogens with one attached hydrogen (secondary N) is 2. The van der Waals surface area contributed by atoms with E-state index in [0.29, 0.717) is 27.0 Å². The number of halogens is 1. The molecule has 0 radical (unpaired) electrons. The summed E-state index contributed by atoms with van der Waals surface area (Å²) in [7, 11) is 1.56. The van der Waals surface area contributed by atoms with Crippen molar-refractivity contribution in [3.8, 4) is 5.75 Å². The molecular weight excluding hydrogens is 372 g/mol. The Morgan fingerprint density at radius 1 is 1.04 bits per heavy atom. The average Bonchev–Trinajstić information content (AvgIpc) is 2.55. The summed E-state index contributed by atoms with van der Waals surface area (Å²) in [5, 5.41) is 5.34. The predicted molar refractivity (Wildman–Crippen MR) is 97.7 cm³/mol. The Hall–Kier alpha value is -2.34. The summed E-state index contributed by atoms with van der Waals surface area (Å²) in [5.41, 5.74) is 1.53. The topological polar surface area (TPSA) is 67.4 Å². The molecule has 0 saturated heterocycles. The minimum absolute atomic E-state index is 0.0495. The van der Waals surface area contributed by atoms with Crippen molar-refractivity contribution >= 4 is 33.4 Å². The predicted octanol–water partition coefficient (Wildman–Crippen LogP) is 3.85. The fraction of sp³-hybridized carbons (Fsp3) is 0.222. The van der Waals surface area contributed by atoms with E-state index in [1.807, 2.05) is 13.8 Å². The highest BCUT2D eigenvalue weighted by Gasteiger charge is 2.11. The van der Waals surface area contributed by atoms with Gasteiger partial charge in [0.1, 0.15) is 5.75 Å². The number of hydrogen-bond donors (Lipinski definition) is 2. The Morgan fingerprint density at radius 3 is 2.38 bits per heavy atom. The monoisotopic (exact) mass is 390 g/mol. The van der Waals surface area contributed by atoms with Crippen LogP contribution >= 0.6 is 15.9 Å². The summed E-state index contributed by atoms with van der Waals surface area (Å²) in [4.78, 5) is 24.0. The van der Waals surface area contributed by atoms with Gasteiger partial charge in [-0.3, -0.25) is 9.59 Å². The van der Waals surface area contributed by atoms with Gasteiger partial charge in [0.25, 0.3) is 11.8 Å². The molecule has 126 valence electrons. The molecule has 6 heteroatoms. The number of rotatable bonds is 5. The zero-order valence-electron chi connectivity index (χ0n) is 13.7. The summed E-state index contributed by atoms with van der Waals surface area (Å²) in [5.74, 6) is 0.216. The van der Waals surface area contributed by atoms with Crippen LogP contribution < -0.4 is 15.4 Å². The smallest absolute Gasteiger partial charge is 0.255 e. The molecule has 2 aromatic carbocycles. The van der Waals surface area contributed by atoms with E-state index in [1.54, 1.807) is 49.5 Å². The second-order valence-corrected chi connectivity index (χ2v) is 6.28. The van der Waals surface area contributed by atoms with Crippen molar-refractivity contribution in [3.63, 3.8) is 0 Å². The van der Waals surface area contributed by atoms with Crippen LogP contribution in [0.5, 0.6) is 5.75 Å². The van der Waals surface area contributed by atoms with Crippen LogP contribution in [-0.4, -0.2) is 25.0 Å². The van der Waals surface area contributed by atoms with Gasteiger partial charge in [0, 0.05) is 23.9 Å². The quantitative estimate of drug-likeness (QED) is 0.814. The van der Waals surface area contributed by atoms with E-state index in [-0.39, 0.29) is 17.9 Å². The highest BCUT2D eigenvalue weighted by atomic mass is 79.9. The van der Waals surface area contributed by atoms with Crippen LogP contribution in [0.25, 0.3) is 0 Å². The van der Waals surface area contributed by atoms with E-state index in [9.17, 15) is 9.59 Å². The van der Waals surface area contributed by atoms with Gasteiger partial charge >= 0.3 is 0 Å². The number of carbonyl (C=O) groups is 2. The van der Waals surface area contributed by atoms with E-state index < -0.39 is 0 Å². The first-order valence-corrected chi connectivity index (χ1v) is 8.29. The van der Waals surface area contributed by atoms with Crippen molar-refractivity contribution in [1.82, 2.24) is 5.32 Å². The SMILES string of the molecule is CNC(=O)c1cccc(NC(=O)c2ccc(OC(C)C)c(Br)c2)c1. The largest absolute Gasteiger partial charge is 0.490 e. The molecule has 0 aromatic heterocycles. The van der Waals surface area contributed by atoms with E-state index in [2.05, 4.69) is 26.6 Å². The number of ether oxygens (including phenoxy) is 1. The van der Waals surface area contributed by atoms with Gasteiger partial charge < -0.3 is 15.4 Å². The zero-order chi connectivity index (χ0) is 17.7. The van der Waals surface area contributed by atoms with E-state index in [4.69, 9.17) is 4.74 Å². The number of hydrogen-bond acceptors (Lipinski definition) is 3. The van der Waals surface area contributed by atoms with Crippen LogP contribution in [0.15, 0.2) is 46.9 Å². The van der Waals surface area contributed by atoms with Gasteiger partial charge in [-0.05, 0) is 66.2 Å². The second-order valence-electron chi connectivity index (χ2n) is 5.43. The van der Waals surface area contributed by atoms with Crippen LogP contribution in [0.1, 0.15) is 34.6 Å². The molecule has 2 amide bonds. The Kier molecular flexibility index (Phi) is 5.98. The molecule has 0 aliphatic rings. The highest BCUT2D eigenvalue weighted by molar-refractivity contribution is 9.10. The molecule has 0 bridgehead atoms. The van der Waals surface area contributed by atoms with Crippen molar-refractivity contribution in [2.45, 2.75) is 20.0 Å².